The molecule has 0 aromatic carbocycles. The van der Waals surface area contributed by atoms with Crippen LogP contribution in [0.1, 0.15) is 51.9 Å². The molecule has 9 nitrogen and oxygen atoms in total. The molecule has 4 aliphatic carbocycles. The minimum atomic E-state index is -3.64. The lowest BCUT2D eigenvalue weighted by molar-refractivity contribution is -0.0768. The Labute approximate surface area is 158 Å². The van der Waals surface area contributed by atoms with Gasteiger partial charge in [-0.15, -0.1) is 10.2 Å². The largest absolute Gasteiger partial charge is 0.258 e. The number of aromatic nitrogens is 6. The molecule has 4 bridgehead atoms. The average Bonchev–Trinajstić information content (AvgIpc) is 3.25. The quantitative estimate of drug-likeness (QED) is 0.795. The van der Waals surface area contributed by atoms with Crippen LogP contribution in [0.15, 0.2) is 23.6 Å². The van der Waals surface area contributed by atoms with E-state index in [0.29, 0.717) is 18.4 Å². The van der Waals surface area contributed by atoms with E-state index in [9.17, 15) is 8.42 Å². The highest BCUT2D eigenvalue weighted by molar-refractivity contribution is 7.89. The number of tetrazole rings is 1. The highest BCUT2D eigenvalue weighted by Crippen LogP contribution is 2.60. The fourth-order valence-corrected chi connectivity index (χ4v) is 7.79. The van der Waals surface area contributed by atoms with E-state index in [0.717, 1.165) is 38.5 Å². The molecule has 2 aromatic heterocycles. The number of hydrogen-bond acceptors (Lipinski definition) is 6. The van der Waals surface area contributed by atoms with Crippen LogP contribution in [0.4, 0.5) is 0 Å². The van der Waals surface area contributed by atoms with Crippen LogP contribution in [0.2, 0.25) is 0 Å². The van der Waals surface area contributed by atoms with E-state index in [1.54, 1.807) is 21.7 Å². The Bertz CT molecular complexity index is 922. The summed E-state index contributed by atoms with van der Waals surface area (Å²) in [6.07, 6.45) is 9.57. The SMILES string of the molecule is CCCn1nccc1S(=O)(=O)NC12CC3CC(C1)CC(n1ncnn1)(C3)C2. The molecule has 6 rings (SSSR count). The van der Waals surface area contributed by atoms with Crippen LogP contribution in [0.3, 0.4) is 0 Å². The predicted octanol–water partition coefficient (Wildman–Crippen LogP) is 1.31. The maximum Gasteiger partial charge on any atom is 0.258 e. The summed E-state index contributed by atoms with van der Waals surface area (Å²) in [5.74, 6) is 1.00. The van der Waals surface area contributed by atoms with Gasteiger partial charge in [-0.1, -0.05) is 6.92 Å². The summed E-state index contributed by atoms with van der Waals surface area (Å²) in [5.41, 5.74) is -0.648. The molecule has 0 radical (unpaired) electrons. The van der Waals surface area contributed by atoms with Crippen molar-refractivity contribution in [1.29, 1.82) is 0 Å². The molecule has 0 amide bonds. The van der Waals surface area contributed by atoms with Gasteiger partial charge in [0, 0.05) is 12.1 Å². The van der Waals surface area contributed by atoms with E-state index in [-0.39, 0.29) is 10.6 Å². The third kappa shape index (κ3) is 2.72. The van der Waals surface area contributed by atoms with Crippen LogP contribution in [-0.4, -0.2) is 43.9 Å². The molecule has 2 aromatic rings. The molecule has 2 heterocycles. The third-order valence-corrected chi connectivity index (χ3v) is 8.14. The minimum absolute atomic E-state index is 0.216. The second-order valence-electron chi connectivity index (χ2n) is 8.69. The molecule has 0 aliphatic heterocycles. The molecular formula is C17H25N7O2S. The normalized spacial score (nSPS) is 35.0. The van der Waals surface area contributed by atoms with Crippen LogP contribution in [-0.2, 0) is 22.1 Å². The first-order valence-electron chi connectivity index (χ1n) is 9.73. The summed E-state index contributed by atoms with van der Waals surface area (Å²) in [7, 11) is -3.64. The van der Waals surface area contributed by atoms with E-state index in [1.807, 2.05) is 6.92 Å². The van der Waals surface area contributed by atoms with E-state index in [2.05, 4.69) is 25.2 Å². The smallest absolute Gasteiger partial charge is 0.253 e. The first kappa shape index (κ1) is 17.3. The van der Waals surface area contributed by atoms with E-state index in [4.69, 9.17) is 0 Å². The summed E-state index contributed by atoms with van der Waals surface area (Å²) < 4.78 is 31.2. The molecule has 2 unspecified atom stereocenters. The topological polar surface area (TPSA) is 108 Å². The Morgan fingerprint density at radius 1 is 1.22 bits per heavy atom. The number of nitrogens with one attached hydrogen (secondary N) is 1. The van der Waals surface area contributed by atoms with Crippen LogP contribution in [0.5, 0.6) is 0 Å². The minimum Gasteiger partial charge on any atom is -0.253 e. The molecule has 146 valence electrons. The van der Waals surface area contributed by atoms with E-state index in [1.165, 1.54) is 12.7 Å². The Hall–Kier alpha value is -1.81. The number of aryl methyl sites for hydroxylation is 1. The number of sulfonamides is 1. The summed E-state index contributed by atoms with van der Waals surface area (Å²) in [5, 5.41) is 16.9. The van der Waals surface area contributed by atoms with E-state index < -0.39 is 15.6 Å². The fraction of sp³-hybridized carbons (Fsp3) is 0.765. The lowest BCUT2D eigenvalue weighted by Crippen LogP contribution is -2.66. The van der Waals surface area contributed by atoms with Gasteiger partial charge in [0.25, 0.3) is 10.0 Å². The van der Waals surface area contributed by atoms with Gasteiger partial charge in [-0.3, -0.25) is 4.68 Å². The molecule has 0 spiro atoms. The second kappa shape index (κ2) is 5.84. The van der Waals surface area contributed by atoms with Gasteiger partial charge in [-0.05, 0) is 68.1 Å². The van der Waals surface area contributed by atoms with Gasteiger partial charge in [0.15, 0.2) is 11.4 Å². The average molecular weight is 392 g/mol. The number of hydrogen-bond donors (Lipinski definition) is 1. The van der Waals surface area contributed by atoms with Crippen molar-refractivity contribution in [3.05, 3.63) is 18.6 Å². The van der Waals surface area contributed by atoms with Crippen molar-refractivity contribution >= 4 is 10.0 Å². The number of nitrogens with zero attached hydrogens (tertiary/aromatic N) is 6. The number of rotatable bonds is 6. The Morgan fingerprint density at radius 2 is 2.00 bits per heavy atom. The molecular weight excluding hydrogens is 366 g/mol. The van der Waals surface area contributed by atoms with Crippen LogP contribution in [0, 0.1) is 11.8 Å². The highest BCUT2D eigenvalue weighted by Gasteiger charge is 2.60. The standard InChI is InChI=1S/C17H25N7O2S/c1-2-5-23-15(3-4-19-23)27(25,26)21-16-7-13-6-14(8-16)10-17(9-13,11-16)24-20-12-18-22-24/h3-4,12-14,21H,2,5-11H2,1H3. The maximum atomic E-state index is 13.2. The molecule has 4 aliphatic rings. The zero-order valence-corrected chi connectivity index (χ0v) is 16.3. The van der Waals surface area contributed by atoms with Crippen molar-refractivity contribution in [2.24, 2.45) is 11.8 Å². The molecule has 1 N–H and O–H groups in total. The van der Waals surface area contributed by atoms with Crippen molar-refractivity contribution in [3.63, 3.8) is 0 Å². The van der Waals surface area contributed by atoms with Gasteiger partial charge in [-0.2, -0.15) is 9.90 Å². The lowest BCUT2D eigenvalue weighted by atomic mass is 9.50. The predicted molar refractivity (Wildman–Crippen MR) is 96.0 cm³/mol. The van der Waals surface area contributed by atoms with Gasteiger partial charge >= 0.3 is 0 Å². The Morgan fingerprint density at radius 3 is 2.67 bits per heavy atom. The molecule has 4 saturated carbocycles. The molecule has 2 atom stereocenters. The zero-order chi connectivity index (χ0) is 18.7. The highest BCUT2D eigenvalue weighted by atomic mass is 32.2. The van der Waals surface area contributed by atoms with Crippen LogP contribution >= 0.6 is 0 Å². The maximum absolute atomic E-state index is 13.2. The second-order valence-corrected chi connectivity index (χ2v) is 10.3. The van der Waals surface area contributed by atoms with Crippen molar-refractivity contribution in [2.45, 2.75) is 74.5 Å². The molecule has 27 heavy (non-hydrogen) atoms. The van der Waals surface area contributed by atoms with Crippen molar-refractivity contribution in [1.82, 2.24) is 34.7 Å². The summed E-state index contributed by atoms with van der Waals surface area (Å²) in [6, 6.07) is 1.59. The van der Waals surface area contributed by atoms with Gasteiger partial charge in [-0.25, -0.2) is 13.1 Å². The Kier molecular flexibility index (Phi) is 3.74. The van der Waals surface area contributed by atoms with Gasteiger partial charge < -0.3 is 0 Å². The van der Waals surface area contributed by atoms with Crippen LogP contribution in [0.25, 0.3) is 0 Å². The molecule has 4 fully saturated rings. The Balaban J connectivity index is 1.49. The molecule has 10 heteroatoms. The zero-order valence-electron chi connectivity index (χ0n) is 15.5. The molecule has 0 saturated heterocycles. The van der Waals surface area contributed by atoms with Crippen LogP contribution < -0.4 is 4.72 Å². The van der Waals surface area contributed by atoms with Gasteiger partial charge in [0.05, 0.1) is 11.7 Å². The fourth-order valence-electron chi connectivity index (χ4n) is 6.22. The summed E-state index contributed by atoms with van der Waals surface area (Å²) >= 11 is 0. The summed E-state index contributed by atoms with van der Waals surface area (Å²) in [4.78, 5) is 1.74. The first-order valence-corrected chi connectivity index (χ1v) is 11.2. The summed E-state index contributed by atoms with van der Waals surface area (Å²) in [6.45, 7) is 2.60. The van der Waals surface area contributed by atoms with Crippen molar-refractivity contribution in [2.75, 3.05) is 0 Å². The van der Waals surface area contributed by atoms with Crippen molar-refractivity contribution < 1.29 is 8.42 Å². The lowest BCUT2D eigenvalue weighted by Gasteiger charge is -2.61. The van der Waals surface area contributed by atoms with E-state index >= 15 is 0 Å². The van der Waals surface area contributed by atoms with Crippen molar-refractivity contribution in [3.8, 4) is 0 Å². The third-order valence-electron chi connectivity index (χ3n) is 6.54. The van der Waals surface area contributed by atoms with Gasteiger partial charge in [0.2, 0.25) is 0 Å². The van der Waals surface area contributed by atoms with Gasteiger partial charge in [0.1, 0.15) is 0 Å². The monoisotopic (exact) mass is 391 g/mol. The first-order chi connectivity index (χ1) is 12.9.